The van der Waals surface area contributed by atoms with Crippen LogP contribution in [-0.2, 0) is 29.6 Å². The van der Waals surface area contributed by atoms with E-state index in [1.807, 2.05) is 30.3 Å². The number of aryl methyl sites for hydroxylation is 1. The minimum Gasteiger partial charge on any atom is -0.457 e. The lowest BCUT2D eigenvalue weighted by molar-refractivity contribution is -0.120. The summed E-state index contributed by atoms with van der Waals surface area (Å²) in [6.07, 6.45) is 4.15. The number of carbonyl (C=O) groups excluding carboxylic acids is 1. The molecule has 0 radical (unpaired) electrons. The summed E-state index contributed by atoms with van der Waals surface area (Å²) < 4.78 is 6.03. The van der Waals surface area contributed by atoms with Crippen LogP contribution in [-0.4, -0.2) is 10.9 Å². The molecule has 0 saturated heterocycles. The summed E-state index contributed by atoms with van der Waals surface area (Å²) in [6.45, 7) is 6.90. The van der Waals surface area contributed by atoms with Crippen LogP contribution in [0, 0.1) is 5.92 Å². The Hall–Kier alpha value is -3.18. The number of rotatable bonds is 5. The number of ether oxygens (including phenoxy) is 1. The highest BCUT2D eigenvalue weighted by atomic mass is 16.5. The Morgan fingerprint density at radius 2 is 1.91 bits per heavy atom. The molecule has 1 atom stereocenters. The third kappa shape index (κ3) is 5.17. The molecule has 0 bridgehead atoms. The van der Waals surface area contributed by atoms with Crippen LogP contribution < -0.4 is 15.8 Å². The van der Waals surface area contributed by atoms with E-state index in [9.17, 15) is 4.79 Å². The van der Waals surface area contributed by atoms with Crippen molar-refractivity contribution in [1.29, 1.82) is 0 Å². The third-order valence-corrected chi connectivity index (χ3v) is 6.01. The van der Waals surface area contributed by atoms with Crippen LogP contribution in [0.1, 0.15) is 49.6 Å². The Bertz CT molecular complexity index is 1120. The molecule has 4 rings (SSSR count). The smallest absolute Gasteiger partial charge is 0.227 e. The number of aromatic nitrogens is 1. The molecule has 1 amide bonds. The Morgan fingerprint density at radius 1 is 1.09 bits per heavy atom. The van der Waals surface area contributed by atoms with Crippen molar-refractivity contribution in [1.82, 2.24) is 4.98 Å². The molecule has 32 heavy (non-hydrogen) atoms. The van der Waals surface area contributed by atoms with Gasteiger partial charge >= 0.3 is 0 Å². The van der Waals surface area contributed by atoms with Gasteiger partial charge in [0.1, 0.15) is 11.5 Å². The van der Waals surface area contributed by atoms with E-state index in [-0.39, 0.29) is 17.2 Å². The molecular formula is C27H31N3O2. The largest absolute Gasteiger partial charge is 0.457 e. The first-order valence-corrected chi connectivity index (χ1v) is 11.2. The average Bonchev–Trinajstić information content (AvgIpc) is 2.78. The third-order valence-electron chi connectivity index (χ3n) is 6.01. The fourth-order valence-corrected chi connectivity index (χ4v) is 4.10. The van der Waals surface area contributed by atoms with Crippen molar-refractivity contribution in [2.24, 2.45) is 11.7 Å². The molecule has 1 heterocycles. The van der Waals surface area contributed by atoms with Gasteiger partial charge in [0.25, 0.3) is 0 Å². The Balaban J connectivity index is 1.45. The van der Waals surface area contributed by atoms with E-state index < -0.39 is 0 Å². The van der Waals surface area contributed by atoms with Gasteiger partial charge in [-0.3, -0.25) is 9.78 Å². The molecule has 0 aliphatic heterocycles. The van der Waals surface area contributed by atoms with Gasteiger partial charge in [0.05, 0.1) is 5.69 Å². The van der Waals surface area contributed by atoms with E-state index in [0.29, 0.717) is 18.7 Å². The molecule has 1 aromatic heterocycles. The lowest BCUT2D eigenvalue weighted by Crippen LogP contribution is -2.28. The molecule has 1 aliphatic carbocycles. The highest BCUT2D eigenvalue weighted by Crippen LogP contribution is 2.32. The number of nitrogens with two attached hydrogens (primary N) is 1. The Labute approximate surface area is 190 Å². The molecule has 3 N–H and O–H groups in total. The minimum absolute atomic E-state index is 0.0423. The molecule has 1 unspecified atom stereocenters. The summed E-state index contributed by atoms with van der Waals surface area (Å²) in [6, 6.07) is 18.0. The van der Waals surface area contributed by atoms with Crippen molar-refractivity contribution >= 4 is 11.6 Å². The Kier molecular flexibility index (Phi) is 6.28. The van der Waals surface area contributed by atoms with Crippen molar-refractivity contribution in [3.05, 3.63) is 83.2 Å². The quantitative estimate of drug-likeness (QED) is 0.571. The summed E-state index contributed by atoms with van der Waals surface area (Å²) in [7, 11) is 0. The van der Waals surface area contributed by atoms with E-state index >= 15 is 0 Å². The first-order chi connectivity index (χ1) is 15.3. The molecule has 0 fully saturated rings. The fraction of sp³-hybridized carbons (Fsp3) is 0.333. The number of carbonyl (C=O) groups is 1. The molecule has 5 nitrogen and oxygen atoms in total. The SMILES string of the molecule is CC(C)(C)c1cccc(NC(=O)C2CCc3ccc(Oc4ccnc(CN)c4)cc3C2)c1. The predicted octanol–water partition coefficient (Wildman–Crippen LogP) is 5.37. The monoisotopic (exact) mass is 429 g/mol. The van der Waals surface area contributed by atoms with Gasteiger partial charge < -0.3 is 15.8 Å². The summed E-state index contributed by atoms with van der Waals surface area (Å²) in [5, 5.41) is 3.13. The van der Waals surface area contributed by atoms with E-state index in [1.165, 1.54) is 16.7 Å². The second kappa shape index (κ2) is 9.13. The Morgan fingerprint density at radius 3 is 2.69 bits per heavy atom. The lowest BCUT2D eigenvalue weighted by Gasteiger charge is -2.25. The van der Waals surface area contributed by atoms with E-state index in [2.05, 4.69) is 55.3 Å². The number of benzene rings is 2. The van der Waals surface area contributed by atoms with E-state index in [4.69, 9.17) is 10.5 Å². The van der Waals surface area contributed by atoms with Crippen LogP contribution in [0.3, 0.4) is 0 Å². The topological polar surface area (TPSA) is 77.2 Å². The van der Waals surface area contributed by atoms with Gasteiger partial charge in [0, 0.05) is 30.4 Å². The molecule has 1 aliphatic rings. The first-order valence-electron chi connectivity index (χ1n) is 11.2. The van der Waals surface area contributed by atoms with Gasteiger partial charge in [-0.25, -0.2) is 0 Å². The number of fused-ring (bicyclic) bond motifs is 1. The minimum atomic E-state index is -0.0548. The zero-order chi connectivity index (χ0) is 22.7. The zero-order valence-electron chi connectivity index (χ0n) is 19.0. The van der Waals surface area contributed by atoms with Crippen LogP contribution >= 0.6 is 0 Å². The number of hydrogen-bond donors (Lipinski definition) is 2. The number of nitrogens with zero attached hydrogens (tertiary/aromatic N) is 1. The van der Waals surface area contributed by atoms with Gasteiger partial charge in [-0.15, -0.1) is 0 Å². The molecule has 166 valence electrons. The van der Waals surface area contributed by atoms with Crippen LogP contribution in [0.2, 0.25) is 0 Å². The maximum absolute atomic E-state index is 13.0. The highest BCUT2D eigenvalue weighted by molar-refractivity contribution is 5.93. The van der Waals surface area contributed by atoms with E-state index in [1.54, 1.807) is 6.20 Å². The molecule has 2 aromatic carbocycles. The van der Waals surface area contributed by atoms with Crippen LogP contribution in [0.5, 0.6) is 11.5 Å². The molecule has 3 aromatic rings. The van der Waals surface area contributed by atoms with Gasteiger partial charge in [-0.05, 0) is 71.7 Å². The van der Waals surface area contributed by atoms with Gasteiger partial charge in [-0.2, -0.15) is 0 Å². The predicted molar refractivity (Wildman–Crippen MR) is 128 cm³/mol. The summed E-state index contributed by atoms with van der Waals surface area (Å²) in [5.41, 5.74) is 11.0. The highest BCUT2D eigenvalue weighted by Gasteiger charge is 2.25. The second-order valence-corrected chi connectivity index (χ2v) is 9.48. The van der Waals surface area contributed by atoms with Crippen LogP contribution in [0.15, 0.2) is 60.8 Å². The number of anilines is 1. The van der Waals surface area contributed by atoms with Crippen molar-refractivity contribution < 1.29 is 9.53 Å². The zero-order valence-corrected chi connectivity index (χ0v) is 19.0. The molecule has 5 heteroatoms. The standard InChI is InChI=1S/C27H31N3O2/c1-27(2,3)21-5-4-6-22(15-21)30-26(31)19-8-7-18-9-10-24(14-20(18)13-19)32-25-11-12-29-23(16-25)17-28/h4-6,9-12,14-16,19H,7-8,13,17,28H2,1-3H3,(H,30,31). The van der Waals surface area contributed by atoms with Crippen LogP contribution in [0.4, 0.5) is 5.69 Å². The van der Waals surface area contributed by atoms with E-state index in [0.717, 1.165) is 30.0 Å². The number of pyridine rings is 1. The maximum Gasteiger partial charge on any atom is 0.227 e. The van der Waals surface area contributed by atoms with Crippen LogP contribution in [0.25, 0.3) is 0 Å². The lowest BCUT2D eigenvalue weighted by atomic mass is 9.83. The molecule has 0 spiro atoms. The van der Waals surface area contributed by atoms with Crippen molar-refractivity contribution in [3.63, 3.8) is 0 Å². The average molecular weight is 430 g/mol. The molecule has 0 saturated carbocycles. The van der Waals surface area contributed by atoms with Crippen molar-refractivity contribution in [2.45, 2.75) is 52.0 Å². The van der Waals surface area contributed by atoms with Gasteiger partial charge in [0.2, 0.25) is 5.91 Å². The second-order valence-electron chi connectivity index (χ2n) is 9.48. The number of hydrogen-bond acceptors (Lipinski definition) is 4. The first kappa shape index (κ1) is 22.0. The van der Waals surface area contributed by atoms with Gasteiger partial charge in [0.15, 0.2) is 0 Å². The number of amides is 1. The number of nitrogens with one attached hydrogen (secondary N) is 1. The summed E-state index contributed by atoms with van der Waals surface area (Å²) in [4.78, 5) is 17.2. The normalized spacial score (nSPS) is 15.7. The maximum atomic E-state index is 13.0. The van der Waals surface area contributed by atoms with Crippen molar-refractivity contribution in [2.75, 3.05) is 5.32 Å². The summed E-state index contributed by atoms with van der Waals surface area (Å²) >= 11 is 0. The fourth-order valence-electron chi connectivity index (χ4n) is 4.10. The summed E-state index contributed by atoms with van der Waals surface area (Å²) in [5.74, 6) is 1.50. The van der Waals surface area contributed by atoms with Gasteiger partial charge in [-0.1, -0.05) is 39.0 Å². The molecular weight excluding hydrogens is 398 g/mol. The van der Waals surface area contributed by atoms with Crippen molar-refractivity contribution in [3.8, 4) is 11.5 Å².